The predicted octanol–water partition coefficient (Wildman–Crippen LogP) is 4.01. The molecule has 108 valence electrons. The van der Waals surface area contributed by atoms with Gasteiger partial charge in [-0.25, -0.2) is 0 Å². The second-order valence-electron chi connectivity index (χ2n) is 5.37. The predicted molar refractivity (Wildman–Crippen MR) is 80.5 cm³/mol. The summed E-state index contributed by atoms with van der Waals surface area (Å²) in [5, 5.41) is 21.4. The van der Waals surface area contributed by atoms with Gasteiger partial charge < -0.3 is 5.32 Å². The molecule has 1 aliphatic rings. The van der Waals surface area contributed by atoms with E-state index in [4.69, 9.17) is 16.9 Å². The van der Waals surface area contributed by atoms with Crippen molar-refractivity contribution in [3.8, 4) is 12.1 Å². The van der Waals surface area contributed by atoms with E-state index in [9.17, 15) is 10.1 Å². The highest BCUT2D eigenvalue weighted by molar-refractivity contribution is 6.32. The minimum absolute atomic E-state index is 0.271. The number of nitrogens with zero attached hydrogens (tertiary/aromatic N) is 2. The first kappa shape index (κ1) is 15.4. The fourth-order valence-corrected chi connectivity index (χ4v) is 2.88. The first-order chi connectivity index (χ1) is 10.1. The molecule has 0 unspecified atom stereocenters. The van der Waals surface area contributed by atoms with Crippen molar-refractivity contribution in [2.24, 2.45) is 5.41 Å². The molecule has 1 fully saturated rings. The van der Waals surface area contributed by atoms with Gasteiger partial charge in [0.05, 0.1) is 16.7 Å². The van der Waals surface area contributed by atoms with E-state index in [1.165, 1.54) is 0 Å². The number of halogens is 1. The highest BCUT2D eigenvalue weighted by Gasteiger charge is 2.38. The van der Waals surface area contributed by atoms with Crippen LogP contribution in [0.5, 0.6) is 0 Å². The van der Waals surface area contributed by atoms with Gasteiger partial charge in [-0.3, -0.25) is 4.79 Å². The highest BCUT2D eigenvalue weighted by atomic mass is 35.5. The second-order valence-corrected chi connectivity index (χ2v) is 5.78. The standard InChI is InChI=1S/C16H16ClN3O/c17-14-9-13(6-5-12(14)10-18)20-15(21)16(11-19)7-3-1-2-4-8-16/h5-6,9H,1-4,7-8H2,(H,20,21). The van der Waals surface area contributed by atoms with Crippen LogP contribution in [0.25, 0.3) is 0 Å². The smallest absolute Gasteiger partial charge is 0.244 e. The Morgan fingerprint density at radius 3 is 2.38 bits per heavy atom. The summed E-state index contributed by atoms with van der Waals surface area (Å²) < 4.78 is 0. The van der Waals surface area contributed by atoms with Crippen molar-refractivity contribution in [3.63, 3.8) is 0 Å². The van der Waals surface area contributed by atoms with Crippen molar-refractivity contribution in [1.82, 2.24) is 0 Å². The molecular formula is C16H16ClN3O. The molecule has 0 bridgehead atoms. The monoisotopic (exact) mass is 301 g/mol. The Labute approximate surface area is 129 Å². The lowest BCUT2D eigenvalue weighted by atomic mass is 9.81. The van der Waals surface area contributed by atoms with E-state index in [1.54, 1.807) is 18.2 Å². The van der Waals surface area contributed by atoms with E-state index in [0.29, 0.717) is 29.1 Å². The van der Waals surface area contributed by atoms with Gasteiger partial charge in [0.1, 0.15) is 11.5 Å². The fraction of sp³-hybridized carbons (Fsp3) is 0.438. The molecule has 5 heteroatoms. The van der Waals surface area contributed by atoms with Crippen LogP contribution >= 0.6 is 11.6 Å². The number of carbonyl (C=O) groups excluding carboxylic acids is 1. The molecule has 0 aliphatic heterocycles. The lowest BCUT2D eigenvalue weighted by Gasteiger charge is -2.23. The van der Waals surface area contributed by atoms with Gasteiger partial charge in [-0.05, 0) is 31.0 Å². The molecule has 0 atom stereocenters. The molecule has 21 heavy (non-hydrogen) atoms. The summed E-state index contributed by atoms with van der Waals surface area (Å²) in [5.74, 6) is -0.271. The minimum Gasteiger partial charge on any atom is -0.325 e. The lowest BCUT2D eigenvalue weighted by Crippen LogP contribution is -2.34. The van der Waals surface area contributed by atoms with Crippen LogP contribution in [0.4, 0.5) is 5.69 Å². The van der Waals surface area contributed by atoms with Crippen LogP contribution in [-0.2, 0) is 4.79 Å². The Hall–Kier alpha value is -2.04. The summed E-state index contributed by atoms with van der Waals surface area (Å²) in [6.07, 6.45) is 5.13. The highest BCUT2D eigenvalue weighted by Crippen LogP contribution is 2.35. The molecule has 1 aromatic carbocycles. The topological polar surface area (TPSA) is 76.7 Å². The molecule has 1 N–H and O–H groups in total. The SMILES string of the molecule is N#Cc1ccc(NC(=O)C2(C#N)CCCCCC2)cc1Cl. The van der Waals surface area contributed by atoms with E-state index in [0.717, 1.165) is 25.7 Å². The molecule has 0 saturated heterocycles. The van der Waals surface area contributed by atoms with Crippen molar-refractivity contribution in [2.75, 3.05) is 5.32 Å². The van der Waals surface area contributed by atoms with Gasteiger partial charge in [0, 0.05) is 5.69 Å². The zero-order chi connectivity index (χ0) is 15.3. The Kier molecular flexibility index (Phi) is 4.83. The first-order valence-electron chi connectivity index (χ1n) is 7.04. The van der Waals surface area contributed by atoms with Gasteiger partial charge in [-0.2, -0.15) is 10.5 Å². The van der Waals surface area contributed by atoms with Gasteiger partial charge in [0.2, 0.25) is 5.91 Å². The third-order valence-corrected chi connectivity index (χ3v) is 4.27. The number of anilines is 1. The van der Waals surface area contributed by atoms with E-state index >= 15 is 0 Å². The van der Waals surface area contributed by atoms with Gasteiger partial charge in [0.25, 0.3) is 0 Å². The Morgan fingerprint density at radius 1 is 1.19 bits per heavy atom. The number of hydrogen-bond acceptors (Lipinski definition) is 3. The molecule has 0 aromatic heterocycles. The van der Waals surface area contributed by atoms with Crippen molar-refractivity contribution >= 4 is 23.2 Å². The zero-order valence-corrected chi connectivity index (χ0v) is 12.4. The van der Waals surface area contributed by atoms with Crippen molar-refractivity contribution in [1.29, 1.82) is 10.5 Å². The molecule has 2 rings (SSSR count). The number of benzene rings is 1. The second kappa shape index (κ2) is 6.61. The molecular weight excluding hydrogens is 286 g/mol. The summed E-state index contributed by atoms with van der Waals surface area (Å²) in [6.45, 7) is 0. The summed E-state index contributed by atoms with van der Waals surface area (Å²) in [6, 6.07) is 8.92. The van der Waals surface area contributed by atoms with Gasteiger partial charge in [-0.15, -0.1) is 0 Å². The van der Waals surface area contributed by atoms with Crippen molar-refractivity contribution < 1.29 is 4.79 Å². The molecule has 1 amide bonds. The number of nitriles is 2. The molecule has 0 heterocycles. The average molecular weight is 302 g/mol. The van der Waals surface area contributed by atoms with E-state index in [2.05, 4.69) is 11.4 Å². The molecule has 0 radical (unpaired) electrons. The van der Waals surface area contributed by atoms with Crippen LogP contribution in [0.1, 0.15) is 44.1 Å². The van der Waals surface area contributed by atoms with E-state index in [1.807, 2.05) is 6.07 Å². The van der Waals surface area contributed by atoms with Gasteiger partial charge >= 0.3 is 0 Å². The number of amides is 1. The maximum Gasteiger partial charge on any atom is 0.244 e. The van der Waals surface area contributed by atoms with Crippen LogP contribution < -0.4 is 5.32 Å². The van der Waals surface area contributed by atoms with Gasteiger partial charge in [-0.1, -0.05) is 37.3 Å². The molecule has 1 saturated carbocycles. The van der Waals surface area contributed by atoms with Crippen LogP contribution in [0, 0.1) is 28.1 Å². The Balaban J connectivity index is 2.18. The molecule has 1 aromatic rings. The third-order valence-electron chi connectivity index (χ3n) is 3.95. The normalized spacial score (nSPS) is 17.1. The fourth-order valence-electron chi connectivity index (χ4n) is 2.66. The van der Waals surface area contributed by atoms with Crippen LogP contribution in [0.2, 0.25) is 5.02 Å². The molecule has 1 aliphatic carbocycles. The number of carbonyl (C=O) groups is 1. The summed E-state index contributed by atoms with van der Waals surface area (Å²) in [7, 11) is 0. The molecule has 0 spiro atoms. The Morgan fingerprint density at radius 2 is 1.86 bits per heavy atom. The third kappa shape index (κ3) is 3.35. The lowest BCUT2D eigenvalue weighted by molar-refractivity contribution is -0.123. The Bertz CT molecular complexity index is 619. The first-order valence-corrected chi connectivity index (χ1v) is 7.41. The summed E-state index contributed by atoms with van der Waals surface area (Å²) >= 11 is 5.95. The largest absolute Gasteiger partial charge is 0.325 e. The van der Waals surface area contributed by atoms with E-state index < -0.39 is 5.41 Å². The maximum absolute atomic E-state index is 12.5. The molecule has 4 nitrogen and oxygen atoms in total. The van der Waals surface area contributed by atoms with Crippen LogP contribution in [0.15, 0.2) is 18.2 Å². The number of rotatable bonds is 2. The maximum atomic E-state index is 12.5. The van der Waals surface area contributed by atoms with Crippen LogP contribution in [-0.4, -0.2) is 5.91 Å². The minimum atomic E-state index is -0.948. The number of hydrogen-bond donors (Lipinski definition) is 1. The summed E-state index contributed by atoms with van der Waals surface area (Å²) in [4.78, 5) is 12.5. The zero-order valence-electron chi connectivity index (χ0n) is 11.7. The van der Waals surface area contributed by atoms with Gasteiger partial charge in [0.15, 0.2) is 0 Å². The van der Waals surface area contributed by atoms with Crippen molar-refractivity contribution in [2.45, 2.75) is 38.5 Å². The van der Waals surface area contributed by atoms with Crippen molar-refractivity contribution in [3.05, 3.63) is 28.8 Å². The van der Waals surface area contributed by atoms with E-state index in [-0.39, 0.29) is 5.91 Å². The number of nitrogens with one attached hydrogen (secondary N) is 1. The average Bonchev–Trinajstić information content (AvgIpc) is 2.74. The van der Waals surface area contributed by atoms with Crippen LogP contribution in [0.3, 0.4) is 0 Å². The quantitative estimate of drug-likeness (QED) is 0.838. The summed E-state index contributed by atoms with van der Waals surface area (Å²) in [5.41, 5.74) is -0.0707.